The lowest BCUT2D eigenvalue weighted by molar-refractivity contribution is 1.38. The highest BCUT2D eigenvalue weighted by atomic mass is 32.1. The van der Waals surface area contributed by atoms with Crippen molar-refractivity contribution in [3.8, 4) is 11.1 Å². The van der Waals surface area contributed by atoms with Gasteiger partial charge in [0.1, 0.15) is 5.84 Å². The lowest BCUT2D eigenvalue weighted by Crippen LogP contribution is -2.13. The van der Waals surface area contributed by atoms with E-state index < -0.39 is 0 Å². The molecule has 0 spiro atoms. The molecule has 3 heteroatoms. The Kier molecular flexibility index (Phi) is 5.61. The number of aliphatic imine (C=N–C) groups is 1. The van der Waals surface area contributed by atoms with Crippen molar-refractivity contribution < 1.29 is 0 Å². The second kappa shape index (κ2) is 9.21. The lowest BCUT2D eigenvalue weighted by Gasteiger charge is -2.12. The summed E-state index contributed by atoms with van der Waals surface area (Å²) < 4.78 is 2.66. The van der Waals surface area contributed by atoms with E-state index in [1.54, 1.807) is 0 Å². The molecule has 0 aliphatic heterocycles. The highest BCUT2D eigenvalue weighted by molar-refractivity contribution is 7.26. The van der Waals surface area contributed by atoms with Crippen LogP contribution in [0.3, 0.4) is 0 Å². The Bertz CT molecular complexity index is 1660. The van der Waals surface area contributed by atoms with Gasteiger partial charge in [0.05, 0.1) is 5.69 Å². The Balaban J connectivity index is 1.42. The molecule has 0 atom stereocenters. The molecule has 0 aliphatic rings. The second-order valence-corrected chi connectivity index (χ2v) is 9.65. The first kappa shape index (κ1) is 21.3. The summed E-state index contributed by atoms with van der Waals surface area (Å²) in [6.07, 6.45) is 0. The van der Waals surface area contributed by atoms with Crippen LogP contribution in [0, 0.1) is 6.92 Å². The van der Waals surface area contributed by atoms with E-state index in [0.29, 0.717) is 0 Å². The zero-order valence-electron chi connectivity index (χ0n) is 19.4. The molecule has 168 valence electrons. The maximum atomic E-state index is 5.01. The summed E-state index contributed by atoms with van der Waals surface area (Å²) in [7, 11) is 0. The Hall–Kier alpha value is -4.21. The van der Waals surface area contributed by atoms with E-state index >= 15 is 0 Å². The summed E-state index contributed by atoms with van der Waals surface area (Å²) in [5.74, 6) is 0.831. The van der Waals surface area contributed by atoms with E-state index in [0.717, 1.165) is 28.3 Å². The van der Waals surface area contributed by atoms with Crippen molar-refractivity contribution in [2.45, 2.75) is 6.92 Å². The van der Waals surface area contributed by atoms with Gasteiger partial charge in [0, 0.05) is 31.4 Å². The highest BCUT2D eigenvalue weighted by Gasteiger charge is 2.11. The first-order valence-corrected chi connectivity index (χ1v) is 12.6. The monoisotopic (exact) mass is 468 g/mol. The van der Waals surface area contributed by atoms with Gasteiger partial charge >= 0.3 is 0 Å². The van der Waals surface area contributed by atoms with Gasteiger partial charge in [0.25, 0.3) is 0 Å². The van der Waals surface area contributed by atoms with Crippen LogP contribution in [0.15, 0.2) is 126 Å². The number of hydrogen-bond acceptors (Lipinski definition) is 2. The minimum atomic E-state index is 0.831. The molecular formula is C32H24N2S. The van der Waals surface area contributed by atoms with E-state index in [4.69, 9.17) is 4.99 Å². The number of hydrogen-bond donors (Lipinski definition) is 1. The molecular weight excluding hydrogens is 444 g/mol. The fourth-order valence-corrected chi connectivity index (χ4v) is 5.65. The average Bonchev–Trinajstić information content (AvgIpc) is 3.29. The minimum Gasteiger partial charge on any atom is -0.340 e. The summed E-state index contributed by atoms with van der Waals surface area (Å²) >= 11 is 1.86. The molecule has 0 saturated carbocycles. The van der Waals surface area contributed by atoms with Gasteiger partial charge in [-0.2, -0.15) is 0 Å². The molecule has 1 aromatic heterocycles. The summed E-state index contributed by atoms with van der Waals surface area (Å²) in [5, 5.41) is 6.17. The summed E-state index contributed by atoms with van der Waals surface area (Å²) in [4.78, 5) is 5.01. The molecule has 0 bridgehead atoms. The fourth-order valence-electron chi connectivity index (χ4n) is 4.41. The second-order valence-electron chi connectivity index (χ2n) is 8.60. The van der Waals surface area contributed by atoms with Crippen LogP contribution in [0.1, 0.15) is 11.1 Å². The van der Waals surface area contributed by atoms with Gasteiger partial charge in [-0.15, -0.1) is 11.3 Å². The van der Waals surface area contributed by atoms with E-state index in [1.165, 1.54) is 31.3 Å². The van der Waals surface area contributed by atoms with Crippen LogP contribution in [0.2, 0.25) is 0 Å². The van der Waals surface area contributed by atoms with E-state index in [1.807, 2.05) is 41.7 Å². The zero-order valence-corrected chi connectivity index (χ0v) is 20.2. The van der Waals surface area contributed by atoms with Gasteiger partial charge in [0.15, 0.2) is 0 Å². The number of nitrogens with zero attached hydrogens (tertiary/aromatic N) is 1. The first-order chi connectivity index (χ1) is 17.3. The number of rotatable bonds is 4. The number of para-hydroxylation sites is 2. The van der Waals surface area contributed by atoms with Gasteiger partial charge in [-0.05, 0) is 47.9 Å². The predicted octanol–water partition coefficient (Wildman–Crippen LogP) is 9.22. The molecule has 0 amide bonds. The van der Waals surface area contributed by atoms with Crippen molar-refractivity contribution in [3.05, 3.63) is 132 Å². The molecule has 1 heterocycles. The largest absolute Gasteiger partial charge is 0.340 e. The van der Waals surface area contributed by atoms with Gasteiger partial charge in [0.2, 0.25) is 0 Å². The molecule has 0 fully saturated rings. The Labute approximate surface area is 209 Å². The van der Waals surface area contributed by atoms with E-state index in [9.17, 15) is 0 Å². The molecule has 0 unspecified atom stereocenters. The SMILES string of the molecule is Cc1ccccc1N=C(Nc1ccccc1)c1ccc(-c2cccc3c2sc2ccccc23)cc1. The third-order valence-corrected chi connectivity index (χ3v) is 7.48. The number of benzene rings is 5. The Morgan fingerprint density at radius 1 is 0.657 bits per heavy atom. The van der Waals surface area contributed by atoms with Crippen molar-refractivity contribution in [1.29, 1.82) is 0 Å². The summed E-state index contributed by atoms with van der Waals surface area (Å²) in [5.41, 5.74) is 6.64. The Morgan fingerprint density at radius 3 is 2.20 bits per heavy atom. The lowest BCUT2D eigenvalue weighted by atomic mass is 10.0. The standard InChI is InChI=1S/C32H24N2S/c1-22-10-5-7-16-29(22)34-32(33-25-11-3-2-4-12-25)24-20-18-23(19-21-24)26-14-9-15-28-27-13-6-8-17-30(27)35-31(26)28/h2-21H,1H3,(H,33,34). The highest BCUT2D eigenvalue weighted by Crippen LogP contribution is 2.39. The van der Waals surface area contributed by atoms with Gasteiger partial charge < -0.3 is 5.32 Å². The molecule has 5 aromatic carbocycles. The zero-order chi connectivity index (χ0) is 23.6. The fraction of sp³-hybridized carbons (Fsp3) is 0.0312. The van der Waals surface area contributed by atoms with Crippen LogP contribution >= 0.6 is 11.3 Å². The van der Waals surface area contributed by atoms with Crippen molar-refractivity contribution in [2.75, 3.05) is 5.32 Å². The third-order valence-electron chi connectivity index (χ3n) is 6.26. The van der Waals surface area contributed by atoms with Crippen molar-refractivity contribution in [2.24, 2.45) is 4.99 Å². The molecule has 6 rings (SSSR count). The minimum absolute atomic E-state index is 0.831. The van der Waals surface area contributed by atoms with Gasteiger partial charge in [-0.1, -0.05) is 97.1 Å². The summed E-state index contributed by atoms with van der Waals surface area (Å²) in [6, 6.07) is 42.4. The number of thiophene rings is 1. The smallest absolute Gasteiger partial charge is 0.138 e. The van der Waals surface area contributed by atoms with Crippen molar-refractivity contribution >= 4 is 48.7 Å². The summed E-state index contributed by atoms with van der Waals surface area (Å²) in [6.45, 7) is 2.09. The van der Waals surface area contributed by atoms with Crippen molar-refractivity contribution in [1.82, 2.24) is 0 Å². The predicted molar refractivity (Wildman–Crippen MR) is 152 cm³/mol. The van der Waals surface area contributed by atoms with Crippen molar-refractivity contribution in [3.63, 3.8) is 0 Å². The van der Waals surface area contributed by atoms with E-state index in [-0.39, 0.29) is 0 Å². The topological polar surface area (TPSA) is 24.4 Å². The normalized spacial score (nSPS) is 11.7. The van der Waals surface area contributed by atoms with Crippen LogP contribution in [-0.4, -0.2) is 5.84 Å². The quantitative estimate of drug-likeness (QED) is 0.202. The number of nitrogens with one attached hydrogen (secondary N) is 1. The number of amidine groups is 1. The number of anilines is 1. The molecule has 0 saturated heterocycles. The maximum absolute atomic E-state index is 5.01. The molecule has 0 radical (unpaired) electrons. The number of fused-ring (bicyclic) bond motifs is 3. The Morgan fingerprint density at radius 2 is 1.37 bits per heavy atom. The van der Waals surface area contributed by atoms with Gasteiger partial charge in [-0.3, -0.25) is 0 Å². The molecule has 2 nitrogen and oxygen atoms in total. The van der Waals surface area contributed by atoms with Crippen LogP contribution < -0.4 is 5.32 Å². The third kappa shape index (κ3) is 4.23. The first-order valence-electron chi connectivity index (χ1n) is 11.7. The van der Waals surface area contributed by atoms with Crippen LogP contribution in [-0.2, 0) is 0 Å². The maximum Gasteiger partial charge on any atom is 0.138 e. The van der Waals surface area contributed by atoms with Crippen LogP contribution in [0.25, 0.3) is 31.3 Å². The number of aryl methyl sites for hydroxylation is 1. The van der Waals surface area contributed by atoms with Crippen LogP contribution in [0.5, 0.6) is 0 Å². The molecule has 6 aromatic rings. The molecule has 35 heavy (non-hydrogen) atoms. The molecule has 0 aliphatic carbocycles. The molecule has 1 N–H and O–H groups in total. The average molecular weight is 469 g/mol. The van der Waals surface area contributed by atoms with Crippen LogP contribution in [0.4, 0.5) is 11.4 Å². The van der Waals surface area contributed by atoms with Gasteiger partial charge in [-0.25, -0.2) is 4.99 Å². The van der Waals surface area contributed by atoms with E-state index in [2.05, 4.69) is 103 Å².